The molecule has 2 saturated heterocycles. The van der Waals surface area contributed by atoms with E-state index in [4.69, 9.17) is 0 Å². The molecule has 0 aliphatic carbocycles. The van der Waals surface area contributed by atoms with E-state index in [2.05, 4.69) is 4.98 Å². The van der Waals surface area contributed by atoms with E-state index < -0.39 is 23.4 Å². The van der Waals surface area contributed by atoms with Crippen LogP contribution in [0, 0.1) is 15.5 Å². The Labute approximate surface area is 190 Å². The number of benzene rings is 2. The molecule has 2 aromatic carbocycles. The van der Waals surface area contributed by atoms with Crippen molar-refractivity contribution in [1.29, 1.82) is 0 Å². The van der Waals surface area contributed by atoms with Crippen molar-refractivity contribution in [2.75, 3.05) is 20.1 Å². The largest absolute Gasteiger partial charge is 0.356 e. The Balaban J connectivity index is 1.62. The number of rotatable bonds is 2. The number of hydrogen-bond donors (Lipinski definition) is 1. The van der Waals surface area contributed by atoms with Crippen LogP contribution in [0.25, 0.3) is 10.9 Å². The molecule has 168 valence electrons. The van der Waals surface area contributed by atoms with E-state index in [1.165, 1.54) is 0 Å². The molecule has 6 rings (SSSR count). The highest BCUT2D eigenvalue weighted by molar-refractivity contribution is 6.08. The molecule has 1 aromatic heterocycles. The topological polar surface area (TPSA) is 99.6 Å². The molecule has 3 aliphatic heterocycles. The number of fused-ring (bicyclic) bond motifs is 5. The minimum Gasteiger partial charge on any atom is -0.356 e. The molecule has 33 heavy (non-hydrogen) atoms. The lowest BCUT2D eigenvalue weighted by molar-refractivity contribution is -0.540. The molecule has 0 bridgehead atoms. The Bertz CT molecular complexity index is 1300. The normalized spacial score (nSPS) is 28.9. The van der Waals surface area contributed by atoms with Crippen LogP contribution >= 0.6 is 0 Å². The summed E-state index contributed by atoms with van der Waals surface area (Å²) in [5.74, 6) is -1.44. The van der Waals surface area contributed by atoms with Gasteiger partial charge in [0.15, 0.2) is 0 Å². The number of carbonyl (C=O) groups is 2. The first kappa shape index (κ1) is 20.0. The third kappa shape index (κ3) is 2.52. The molecule has 0 unspecified atom stereocenters. The molecule has 1 N–H and O–H groups in total. The second-order valence-corrected chi connectivity index (χ2v) is 9.37. The first-order valence-corrected chi connectivity index (χ1v) is 11.3. The van der Waals surface area contributed by atoms with Crippen molar-refractivity contribution in [2.24, 2.45) is 5.41 Å². The third-order valence-electron chi connectivity index (χ3n) is 7.89. The van der Waals surface area contributed by atoms with Gasteiger partial charge in [-0.1, -0.05) is 48.5 Å². The van der Waals surface area contributed by atoms with Crippen LogP contribution in [0.5, 0.6) is 0 Å². The lowest BCUT2D eigenvalue weighted by atomic mass is 9.61. The zero-order valence-electron chi connectivity index (χ0n) is 18.2. The predicted molar refractivity (Wildman–Crippen MR) is 121 cm³/mol. The van der Waals surface area contributed by atoms with Crippen molar-refractivity contribution in [3.8, 4) is 0 Å². The van der Waals surface area contributed by atoms with Crippen molar-refractivity contribution in [2.45, 2.75) is 30.8 Å². The van der Waals surface area contributed by atoms with Gasteiger partial charge >= 0.3 is 0 Å². The van der Waals surface area contributed by atoms with Gasteiger partial charge in [-0.25, -0.2) is 0 Å². The number of likely N-dealkylation sites (tertiary alicyclic amines) is 1. The molecule has 4 atom stereocenters. The quantitative estimate of drug-likeness (QED) is 0.373. The predicted octanol–water partition coefficient (Wildman–Crippen LogP) is 2.88. The van der Waals surface area contributed by atoms with Gasteiger partial charge in [0.25, 0.3) is 0 Å². The van der Waals surface area contributed by atoms with E-state index >= 15 is 0 Å². The molecule has 8 heteroatoms. The van der Waals surface area contributed by atoms with Crippen LogP contribution in [0.15, 0.2) is 54.6 Å². The van der Waals surface area contributed by atoms with Crippen molar-refractivity contribution in [3.63, 3.8) is 0 Å². The number of aromatic amines is 1. The van der Waals surface area contributed by atoms with Crippen LogP contribution in [-0.2, 0) is 16.0 Å². The average Bonchev–Trinajstić information content (AvgIpc) is 3.35. The van der Waals surface area contributed by atoms with Crippen LogP contribution in [0.4, 0.5) is 0 Å². The summed E-state index contributed by atoms with van der Waals surface area (Å²) in [6, 6.07) is 15.0. The van der Waals surface area contributed by atoms with E-state index in [0.717, 1.165) is 22.2 Å². The SMILES string of the molecule is CN1CC[C@@]2(C1=O)C(=O)N1CCc3c([nH]c4ccccc34)[C@@H]1[C@@H]([N+](=O)[O-])[C@@H]2c1ccccc1. The number of para-hydroxylation sites is 1. The fourth-order valence-electron chi connectivity index (χ4n) is 6.48. The maximum absolute atomic E-state index is 14.2. The number of amides is 2. The number of H-pyrrole nitrogens is 1. The van der Waals surface area contributed by atoms with Crippen LogP contribution in [0.3, 0.4) is 0 Å². The van der Waals surface area contributed by atoms with Gasteiger partial charge in [0, 0.05) is 41.7 Å². The highest BCUT2D eigenvalue weighted by atomic mass is 16.6. The third-order valence-corrected chi connectivity index (χ3v) is 7.89. The van der Waals surface area contributed by atoms with E-state index in [1.807, 2.05) is 54.6 Å². The van der Waals surface area contributed by atoms with Crippen molar-refractivity contribution in [1.82, 2.24) is 14.8 Å². The van der Waals surface area contributed by atoms with Gasteiger partial charge in [-0.2, -0.15) is 0 Å². The van der Waals surface area contributed by atoms with Crippen LogP contribution in [-0.4, -0.2) is 57.7 Å². The number of nitro groups is 1. The van der Waals surface area contributed by atoms with Gasteiger partial charge in [-0.3, -0.25) is 19.7 Å². The lowest BCUT2D eigenvalue weighted by Crippen LogP contribution is -2.65. The smallest absolute Gasteiger partial charge is 0.247 e. The second-order valence-electron chi connectivity index (χ2n) is 9.37. The molecule has 1 spiro atoms. The number of piperidine rings is 1. The van der Waals surface area contributed by atoms with E-state index in [9.17, 15) is 19.7 Å². The number of hydrogen-bond acceptors (Lipinski definition) is 4. The fourth-order valence-corrected chi connectivity index (χ4v) is 6.48. The Hall–Kier alpha value is -3.68. The van der Waals surface area contributed by atoms with E-state index in [-0.39, 0.29) is 23.2 Å². The lowest BCUT2D eigenvalue weighted by Gasteiger charge is -2.50. The van der Waals surface area contributed by atoms with Gasteiger partial charge in [0.2, 0.25) is 17.9 Å². The Morgan fingerprint density at radius 2 is 1.76 bits per heavy atom. The molecule has 3 aliphatic rings. The number of nitrogens with one attached hydrogen (secondary N) is 1. The molecule has 0 radical (unpaired) electrons. The van der Waals surface area contributed by atoms with Gasteiger partial charge in [0.1, 0.15) is 11.5 Å². The monoisotopic (exact) mass is 444 g/mol. The summed E-state index contributed by atoms with van der Waals surface area (Å²) >= 11 is 0. The summed E-state index contributed by atoms with van der Waals surface area (Å²) in [5.41, 5.74) is 1.89. The zero-order valence-corrected chi connectivity index (χ0v) is 18.2. The minimum absolute atomic E-state index is 0.268. The molecular formula is C25H24N4O4. The zero-order chi connectivity index (χ0) is 22.9. The van der Waals surface area contributed by atoms with Gasteiger partial charge < -0.3 is 14.8 Å². The average molecular weight is 444 g/mol. The number of aromatic nitrogens is 1. The molecule has 8 nitrogen and oxygen atoms in total. The van der Waals surface area contributed by atoms with Crippen molar-refractivity contribution in [3.05, 3.63) is 81.5 Å². The number of nitrogens with zero attached hydrogens (tertiary/aromatic N) is 3. The Morgan fingerprint density at radius 1 is 1.03 bits per heavy atom. The van der Waals surface area contributed by atoms with Gasteiger partial charge in [0.05, 0.1) is 5.92 Å². The van der Waals surface area contributed by atoms with Crippen LogP contribution in [0.2, 0.25) is 0 Å². The minimum atomic E-state index is -1.45. The summed E-state index contributed by atoms with van der Waals surface area (Å²) in [6.45, 7) is 0.775. The molecule has 3 aromatic rings. The van der Waals surface area contributed by atoms with Gasteiger partial charge in [-0.15, -0.1) is 0 Å². The maximum atomic E-state index is 14.2. The fraction of sp³-hybridized carbons (Fsp3) is 0.360. The maximum Gasteiger partial charge on any atom is 0.247 e. The molecule has 0 saturated carbocycles. The standard InChI is InChI=1S/C25H24N4O4/c1-27-14-12-25(23(27)30)19(15-7-3-2-4-8-15)21(29(32)33)22-20-17(11-13-28(22)24(25)31)16-9-5-6-10-18(16)26-20/h2-10,19,21-22,26H,11-14H2,1H3/t19-,21-,22+,25+/m0/s1. The Kier molecular flexibility index (Phi) is 4.18. The van der Waals surface area contributed by atoms with Crippen molar-refractivity contribution < 1.29 is 14.5 Å². The summed E-state index contributed by atoms with van der Waals surface area (Å²) in [5, 5.41) is 13.8. The van der Waals surface area contributed by atoms with E-state index in [1.54, 1.807) is 16.8 Å². The van der Waals surface area contributed by atoms with Crippen LogP contribution < -0.4 is 0 Å². The molecule has 2 amide bonds. The van der Waals surface area contributed by atoms with E-state index in [0.29, 0.717) is 25.1 Å². The summed E-state index contributed by atoms with van der Waals surface area (Å²) in [6.07, 6.45) is 0.885. The first-order chi connectivity index (χ1) is 15.9. The van der Waals surface area contributed by atoms with Gasteiger partial charge in [-0.05, 0) is 30.0 Å². The molecule has 4 heterocycles. The number of carbonyl (C=O) groups excluding carboxylic acids is 2. The second kappa shape index (κ2) is 6.91. The summed E-state index contributed by atoms with van der Waals surface area (Å²) < 4.78 is 0. The van der Waals surface area contributed by atoms with Crippen LogP contribution in [0.1, 0.15) is 35.2 Å². The Morgan fingerprint density at radius 3 is 2.45 bits per heavy atom. The van der Waals surface area contributed by atoms with Crippen molar-refractivity contribution >= 4 is 22.7 Å². The first-order valence-electron chi connectivity index (χ1n) is 11.3. The molecular weight excluding hydrogens is 420 g/mol. The molecule has 2 fully saturated rings. The summed E-state index contributed by atoms with van der Waals surface area (Å²) in [4.78, 5) is 46.8. The highest BCUT2D eigenvalue weighted by Crippen LogP contribution is 2.57. The summed E-state index contributed by atoms with van der Waals surface area (Å²) in [7, 11) is 1.67. The highest BCUT2D eigenvalue weighted by Gasteiger charge is 2.69.